The molecule has 0 amide bonds. The van der Waals surface area contributed by atoms with E-state index in [-0.39, 0.29) is 0 Å². The van der Waals surface area contributed by atoms with Crippen LogP contribution < -0.4 is 5.73 Å². The van der Waals surface area contributed by atoms with Crippen LogP contribution in [0.1, 0.15) is 23.1 Å². The highest BCUT2D eigenvalue weighted by molar-refractivity contribution is 5.70. The molecule has 2 aromatic rings. The van der Waals surface area contributed by atoms with Crippen LogP contribution in [-0.2, 0) is 13.1 Å². The molecule has 0 spiro atoms. The Balaban J connectivity index is 1.46. The number of hydrogen-bond donors (Lipinski definition) is 1. The van der Waals surface area contributed by atoms with E-state index in [1.807, 2.05) is 0 Å². The van der Waals surface area contributed by atoms with Gasteiger partial charge in [0, 0.05) is 32.1 Å². The summed E-state index contributed by atoms with van der Waals surface area (Å²) in [6, 6.07) is 19.7. The van der Waals surface area contributed by atoms with E-state index in [2.05, 4.69) is 65.6 Å². The topological polar surface area (TPSA) is 29.3 Å². The number of likely N-dealkylation sites (tertiary alicyclic amines) is 1. The molecule has 23 heavy (non-hydrogen) atoms. The molecule has 118 valence electrons. The van der Waals surface area contributed by atoms with Gasteiger partial charge in [-0.1, -0.05) is 60.7 Å². The Morgan fingerprint density at radius 3 is 2.43 bits per heavy atom. The van der Waals surface area contributed by atoms with Gasteiger partial charge in [0.25, 0.3) is 0 Å². The van der Waals surface area contributed by atoms with E-state index in [0.717, 1.165) is 12.5 Å². The normalized spacial score (nSPS) is 23.8. The van der Waals surface area contributed by atoms with Crippen LogP contribution in [0.25, 0.3) is 5.57 Å². The van der Waals surface area contributed by atoms with E-state index in [4.69, 9.17) is 5.73 Å². The van der Waals surface area contributed by atoms with Gasteiger partial charge in [-0.15, -0.1) is 0 Å². The Kier molecular flexibility index (Phi) is 4.02. The molecule has 2 N–H and O–H groups in total. The van der Waals surface area contributed by atoms with Crippen LogP contribution in [0.5, 0.6) is 0 Å². The number of rotatable bonds is 4. The zero-order valence-electron chi connectivity index (χ0n) is 13.5. The van der Waals surface area contributed by atoms with Crippen molar-refractivity contribution in [2.24, 2.45) is 17.6 Å². The summed E-state index contributed by atoms with van der Waals surface area (Å²) in [5.74, 6) is 1.49. The zero-order chi connectivity index (χ0) is 15.6. The third-order valence-corrected chi connectivity index (χ3v) is 5.33. The maximum atomic E-state index is 5.71. The molecule has 2 aromatic carbocycles. The quantitative estimate of drug-likeness (QED) is 0.933. The first kappa shape index (κ1) is 14.7. The molecule has 0 aromatic heterocycles. The van der Waals surface area contributed by atoms with Crippen LogP contribution >= 0.6 is 0 Å². The average Bonchev–Trinajstić information content (AvgIpc) is 3.16. The van der Waals surface area contributed by atoms with Crippen LogP contribution in [0.3, 0.4) is 0 Å². The largest absolute Gasteiger partial charge is 0.326 e. The Morgan fingerprint density at radius 1 is 0.913 bits per heavy atom. The van der Waals surface area contributed by atoms with E-state index in [1.54, 1.807) is 5.57 Å². The van der Waals surface area contributed by atoms with E-state index < -0.39 is 0 Å². The Bertz CT molecular complexity index is 688. The molecule has 0 bridgehead atoms. The van der Waals surface area contributed by atoms with Crippen molar-refractivity contribution in [2.75, 3.05) is 13.1 Å². The fourth-order valence-corrected chi connectivity index (χ4v) is 4.12. The molecule has 1 aliphatic heterocycles. The fraction of sp³-hybridized carbons (Fsp3) is 0.333. The molecular weight excluding hydrogens is 280 g/mol. The van der Waals surface area contributed by atoms with Gasteiger partial charge in [-0.3, -0.25) is 4.90 Å². The molecule has 1 aliphatic carbocycles. The molecule has 1 saturated heterocycles. The highest BCUT2D eigenvalue weighted by atomic mass is 15.2. The standard InChI is InChI=1S/C21H24N2/c22-12-16-6-8-18(9-7-16)20-11-10-19-14-23(15-21(19)20)13-17-4-2-1-3-5-17/h1-9,11,19,21H,10,12-15,22H2. The number of fused-ring (bicyclic) bond motifs is 1. The molecule has 0 radical (unpaired) electrons. The molecule has 2 nitrogen and oxygen atoms in total. The van der Waals surface area contributed by atoms with Crippen molar-refractivity contribution < 1.29 is 0 Å². The molecule has 2 heteroatoms. The van der Waals surface area contributed by atoms with Crippen LogP contribution in [0, 0.1) is 11.8 Å². The second-order valence-electron chi connectivity index (χ2n) is 6.84. The first-order valence-corrected chi connectivity index (χ1v) is 8.59. The Labute approximate surface area is 138 Å². The van der Waals surface area contributed by atoms with Crippen molar-refractivity contribution in [3.63, 3.8) is 0 Å². The first-order valence-electron chi connectivity index (χ1n) is 8.59. The SMILES string of the molecule is NCc1ccc(C2=CCC3CN(Cc4ccccc4)CC23)cc1. The highest BCUT2D eigenvalue weighted by Crippen LogP contribution is 2.43. The van der Waals surface area contributed by atoms with Gasteiger partial charge in [0.1, 0.15) is 0 Å². The maximum absolute atomic E-state index is 5.71. The third-order valence-electron chi connectivity index (χ3n) is 5.33. The number of nitrogens with two attached hydrogens (primary N) is 1. The Morgan fingerprint density at radius 2 is 1.70 bits per heavy atom. The van der Waals surface area contributed by atoms with Gasteiger partial charge in [-0.05, 0) is 34.6 Å². The number of nitrogens with zero attached hydrogens (tertiary/aromatic N) is 1. The Hall–Kier alpha value is -1.90. The van der Waals surface area contributed by atoms with Gasteiger partial charge in [0.15, 0.2) is 0 Å². The number of allylic oxidation sites excluding steroid dienone is 1. The fourth-order valence-electron chi connectivity index (χ4n) is 4.12. The lowest BCUT2D eigenvalue weighted by atomic mass is 9.90. The first-order chi connectivity index (χ1) is 11.3. The van der Waals surface area contributed by atoms with E-state index in [1.165, 1.54) is 36.2 Å². The van der Waals surface area contributed by atoms with Crippen LogP contribution in [0.2, 0.25) is 0 Å². The van der Waals surface area contributed by atoms with Gasteiger partial charge >= 0.3 is 0 Å². The molecule has 4 rings (SSSR count). The van der Waals surface area contributed by atoms with Gasteiger partial charge < -0.3 is 5.73 Å². The minimum atomic E-state index is 0.621. The van der Waals surface area contributed by atoms with Crippen molar-refractivity contribution in [1.82, 2.24) is 4.90 Å². The number of hydrogen-bond acceptors (Lipinski definition) is 2. The molecule has 2 atom stereocenters. The minimum absolute atomic E-state index is 0.621. The van der Waals surface area contributed by atoms with Crippen LogP contribution in [0.4, 0.5) is 0 Å². The summed E-state index contributed by atoms with van der Waals surface area (Å²) in [4.78, 5) is 2.62. The van der Waals surface area contributed by atoms with Gasteiger partial charge in [-0.25, -0.2) is 0 Å². The molecular formula is C21H24N2. The smallest absolute Gasteiger partial charge is 0.0234 e. The average molecular weight is 304 g/mol. The zero-order valence-corrected chi connectivity index (χ0v) is 13.5. The summed E-state index contributed by atoms with van der Waals surface area (Å²) in [7, 11) is 0. The van der Waals surface area contributed by atoms with Crippen molar-refractivity contribution in [2.45, 2.75) is 19.5 Å². The summed E-state index contributed by atoms with van der Waals surface area (Å²) in [6.45, 7) is 4.11. The summed E-state index contributed by atoms with van der Waals surface area (Å²) in [5, 5.41) is 0. The van der Waals surface area contributed by atoms with Gasteiger partial charge in [0.05, 0.1) is 0 Å². The highest BCUT2D eigenvalue weighted by Gasteiger charge is 2.38. The van der Waals surface area contributed by atoms with E-state index in [0.29, 0.717) is 12.5 Å². The lowest BCUT2D eigenvalue weighted by Gasteiger charge is -2.17. The van der Waals surface area contributed by atoms with E-state index >= 15 is 0 Å². The monoisotopic (exact) mass is 304 g/mol. The second kappa shape index (κ2) is 6.31. The molecule has 2 aliphatic rings. The molecule has 2 unspecified atom stereocenters. The lowest BCUT2D eigenvalue weighted by molar-refractivity contribution is 0.315. The molecule has 1 heterocycles. The molecule has 0 saturated carbocycles. The van der Waals surface area contributed by atoms with Crippen molar-refractivity contribution in [3.05, 3.63) is 77.4 Å². The third kappa shape index (κ3) is 2.97. The van der Waals surface area contributed by atoms with Crippen LogP contribution in [0.15, 0.2) is 60.7 Å². The van der Waals surface area contributed by atoms with Crippen molar-refractivity contribution >= 4 is 5.57 Å². The van der Waals surface area contributed by atoms with Gasteiger partial charge in [0.2, 0.25) is 0 Å². The summed E-state index contributed by atoms with van der Waals surface area (Å²) >= 11 is 0. The lowest BCUT2D eigenvalue weighted by Crippen LogP contribution is -2.21. The predicted molar refractivity (Wildman–Crippen MR) is 95.6 cm³/mol. The van der Waals surface area contributed by atoms with Crippen molar-refractivity contribution in [1.29, 1.82) is 0 Å². The van der Waals surface area contributed by atoms with Crippen molar-refractivity contribution in [3.8, 4) is 0 Å². The second-order valence-corrected chi connectivity index (χ2v) is 6.84. The predicted octanol–water partition coefficient (Wildman–Crippen LogP) is 3.68. The van der Waals surface area contributed by atoms with Crippen LogP contribution in [-0.4, -0.2) is 18.0 Å². The van der Waals surface area contributed by atoms with E-state index in [9.17, 15) is 0 Å². The minimum Gasteiger partial charge on any atom is -0.326 e. The summed E-state index contributed by atoms with van der Waals surface area (Å²) in [5.41, 5.74) is 11.3. The summed E-state index contributed by atoms with van der Waals surface area (Å²) < 4.78 is 0. The summed E-state index contributed by atoms with van der Waals surface area (Å²) in [6.07, 6.45) is 3.69. The number of benzene rings is 2. The molecule has 1 fully saturated rings. The van der Waals surface area contributed by atoms with Gasteiger partial charge in [-0.2, -0.15) is 0 Å². The maximum Gasteiger partial charge on any atom is 0.0234 e.